The van der Waals surface area contributed by atoms with Crippen LogP contribution in [0.15, 0.2) is 64.0 Å². The van der Waals surface area contributed by atoms with E-state index < -0.39 is 5.97 Å². The number of methoxy groups -OCH3 is 1. The molecule has 116 valence electrons. The van der Waals surface area contributed by atoms with Crippen LogP contribution < -0.4 is 10.2 Å². The summed E-state index contributed by atoms with van der Waals surface area (Å²) in [4.78, 5) is 24.0. The molecule has 0 N–H and O–H groups in total. The van der Waals surface area contributed by atoms with Crippen molar-refractivity contribution >= 4 is 16.9 Å². The van der Waals surface area contributed by atoms with Gasteiger partial charge in [0.1, 0.15) is 24.2 Å². The monoisotopic (exact) mass is 310 g/mol. The van der Waals surface area contributed by atoms with Crippen molar-refractivity contribution in [2.75, 3.05) is 13.7 Å². The SMILES string of the molecule is COCC(=O)Oc1ccc2c(=O)c(-c3ccccc3)coc2c1. The summed E-state index contributed by atoms with van der Waals surface area (Å²) in [5, 5.41) is 0.429. The maximum Gasteiger partial charge on any atom is 0.337 e. The van der Waals surface area contributed by atoms with E-state index in [2.05, 4.69) is 0 Å². The zero-order chi connectivity index (χ0) is 16.2. The normalized spacial score (nSPS) is 10.7. The molecule has 0 unspecified atom stereocenters. The second-order valence-corrected chi connectivity index (χ2v) is 4.91. The van der Waals surface area contributed by atoms with Crippen LogP contribution in [0.25, 0.3) is 22.1 Å². The van der Waals surface area contributed by atoms with Gasteiger partial charge in [0.15, 0.2) is 5.43 Å². The highest BCUT2D eigenvalue weighted by Crippen LogP contribution is 2.23. The van der Waals surface area contributed by atoms with Crippen LogP contribution >= 0.6 is 0 Å². The maximum atomic E-state index is 12.6. The van der Waals surface area contributed by atoms with Gasteiger partial charge in [0.05, 0.1) is 10.9 Å². The van der Waals surface area contributed by atoms with Crippen LogP contribution in [0.1, 0.15) is 0 Å². The zero-order valence-electron chi connectivity index (χ0n) is 12.4. The van der Waals surface area contributed by atoms with E-state index in [1.54, 1.807) is 12.1 Å². The summed E-state index contributed by atoms with van der Waals surface area (Å²) in [6.45, 7) is -0.144. The molecule has 5 heteroatoms. The topological polar surface area (TPSA) is 65.7 Å². The van der Waals surface area contributed by atoms with Crippen molar-refractivity contribution in [3.63, 3.8) is 0 Å². The lowest BCUT2D eigenvalue weighted by Crippen LogP contribution is -2.14. The first-order valence-electron chi connectivity index (χ1n) is 6.99. The molecule has 0 radical (unpaired) electrons. The molecule has 0 aliphatic heterocycles. The fourth-order valence-corrected chi connectivity index (χ4v) is 2.27. The average molecular weight is 310 g/mol. The molecule has 3 rings (SSSR count). The zero-order valence-corrected chi connectivity index (χ0v) is 12.4. The van der Waals surface area contributed by atoms with E-state index in [0.29, 0.717) is 22.3 Å². The molecule has 0 amide bonds. The first kappa shape index (κ1) is 15.0. The summed E-state index contributed by atoms with van der Waals surface area (Å²) in [5.41, 5.74) is 1.51. The van der Waals surface area contributed by atoms with E-state index >= 15 is 0 Å². The van der Waals surface area contributed by atoms with Crippen molar-refractivity contribution in [3.8, 4) is 16.9 Å². The van der Waals surface area contributed by atoms with Crippen LogP contribution in [0, 0.1) is 0 Å². The van der Waals surface area contributed by atoms with Gasteiger partial charge in [-0.05, 0) is 17.7 Å². The van der Waals surface area contributed by atoms with Crippen LogP contribution in [0.3, 0.4) is 0 Å². The van der Waals surface area contributed by atoms with Gasteiger partial charge < -0.3 is 13.9 Å². The minimum atomic E-state index is -0.518. The second kappa shape index (κ2) is 6.46. The Morgan fingerprint density at radius 2 is 1.91 bits per heavy atom. The van der Waals surface area contributed by atoms with Crippen LogP contribution in [0.2, 0.25) is 0 Å². The average Bonchev–Trinajstić information content (AvgIpc) is 2.56. The van der Waals surface area contributed by atoms with E-state index in [4.69, 9.17) is 13.9 Å². The molecular weight excluding hydrogens is 296 g/mol. The molecule has 1 heterocycles. The Bertz CT molecular complexity index is 896. The van der Waals surface area contributed by atoms with Crippen LogP contribution in [0.4, 0.5) is 0 Å². The number of carbonyl (C=O) groups is 1. The summed E-state index contributed by atoms with van der Waals surface area (Å²) in [5.74, 6) is -0.217. The van der Waals surface area contributed by atoms with Crippen molar-refractivity contribution in [1.82, 2.24) is 0 Å². The quantitative estimate of drug-likeness (QED) is 0.547. The van der Waals surface area contributed by atoms with E-state index in [0.717, 1.165) is 5.56 Å². The Balaban J connectivity index is 2.00. The van der Waals surface area contributed by atoms with Crippen LogP contribution in [-0.2, 0) is 9.53 Å². The van der Waals surface area contributed by atoms with E-state index in [-0.39, 0.29) is 12.0 Å². The van der Waals surface area contributed by atoms with Gasteiger partial charge in [0, 0.05) is 13.2 Å². The van der Waals surface area contributed by atoms with Gasteiger partial charge in [0.25, 0.3) is 0 Å². The number of benzene rings is 2. The number of hydrogen-bond donors (Lipinski definition) is 0. The number of hydrogen-bond acceptors (Lipinski definition) is 5. The molecule has 3 aromatic rings. The van der Waals surface area contributed by atoms with Gasteiger partial charge in [-0.2, -0.15) is 0 Å². The smallest absolute Gasteiger partial charge is 0.337 e. The van der Waals surface area contributed by atoms with Crippen molar-refractivity contribution in [2.24, 2.45) is 0 Å². The molecule has 0 spiro atoms. The van der Waals surface area contributed by atoms with Crippen molar-refractivity contribution in [1.29, 1.82) is 0 Å². The molecule has 23 heavy (non-hydrogen) atoms. The minimum Gasteiger partial charge on any atom is -0.463 e. The van der Waals surface area contributed by atoms with Gasteiger partial charge in [-0.25, -0.2) is 4.79 Å². The largest absolute Gasteiger partial charge is 0.463 e. The minimum absolute atomic E-state index is 0.132. The van der Waals surface area contributed by atoms with Crippen molar-refractivity contribution in [3.05, 3.63) is 65.0 Å². The first-order valence-corrected chi connectivity index (χ1v) is 6.99. The van der Waals surface area contributed by atoms with Crippen LogP contribution in [-0.4, -0.2) is 19.7 Å². The summed E-state index contributed by atoms with van der Waals surface area (Å²) in [6, 6.07) is 13.9. The highest BCUT2D eigenvalue weighted by molar-refractivity contribution is 5.83. The molecule has 0 fully saturated rings. The molecule has 1 aromatic heterocycles. The Labute approximate surface area is 132 Å². The first-order chi connectivity index (χ1) is 11.2. The molecule has 0 saturated carbocycles. The number of ether oxygens (including phenoxy) is 2. The lowest BCUT2D eigenvalue weighted by atomic mass is 10.1. The third-order valence-corrected chi connectivity index (χ3v) is 3.32. The van der Waals surface area contributed by atoms with E-state index in [9.17, 15) is 9.59 Å². The standard InChI is InChI=1S/C18H14O5/c1-21-11-17(19)23-13-7-8-14-16(9-13)22-10-15(18(14)20)12-5-3-2-4-6-12/h2-10H,11H2,1H3. The summed E-state index contributed by atoms with van der Waals surface area (Å²) < 4.78 is 15.3. The van der Waals surface area contributed by atoms with Crippen LogP contribution in [0.5, 0.6) is 5.75 Å². The second-order valence-electron chi connectivity index (χ2n) is 4.91. The summed E-state index contributed by atoms with van der Waals surface area (Å²) >= 11 is 0. The highest BCUT2D eigenvalue weighted by atomic mass is 16.6. The Kier molecular flexibility index (Phi) is 4.21. The Hall–Kier alpha value is -2.92. The maximum absolute atomic E-state index is 12.6. The lowest BCUT2D eigenvalue weighted by molar-refractivity contribution is -0.138. The molecular formula is C18H14O5. The summed E-state index contributed by atoms with van der Waals surface area (Å²) in [7, 11) is 1.41. The number of carbonyl (C=O) groups excluding carboxylic acids is 1. The molecule has 0 saturated heterocycles. The van der Waals surface area contributed by atoms with E-state index in [1.807, 2.05) is 30.3 Å². The van der Waals surface area contributed by atoms with Gasteiger partial charge in [0.2, 0.25) is 0 Å². The third-order valence-electron chi connectivity index (χ3n) is 3.32. The molecule has 0 bridgehead atoms. The molecule has 0 aliphatic carbocycles. The Morgan fingerprint density at radius 1 is 1.13 bits per heavy atom. The van der Waals surface area contributed by atoms with Gasteiger partial charge in [-0.3, -0.25) is 4.79 Å². The highest BCUT2D eigenvalue weighted by Gasteiger charge is 2.11. The number of esters is 1. The number of fused-ring (bicyclic) bond motifs is 1. The molecule has 0 atom stereocenters. The molecule has 5 nitrogen and oxygen atoms in total. The lowest BCUT2D eigenvalue weighted by Gasteiger charge is -2.06. The fourth-order valence-electron chi connectivity index (χ4n) is 2.27. The summed E-state index contributed by atoms with van der Waals surface area (Å²) in [6.07, 6.45) is 1.42. The predicted octanol–water partition coefficient (Wildman–Crippen LogP) is 3.01. The predicted molar refractivity (Wildman–Crippen MR) is 85.4 cm³/mol. The third kappa shape index (κ3) is 3.14. The van der Waals surface area contributed by atoms with Crippen molar-refractivity contribution < 1.29 is 18.7 Å². The van der Waals surface area contributed by atoms with Crippen molar-refractivity contribution in [2.45, 2.75) is 0 Å². The molecule has 0 aliphatic rings. The molecule has 2 aromatic carbocycles. The van der Waals surface area contributed by atoms with Gasteiger partial charge in [-0.1, -0.05) is 30.3 Å². The van der Waals surface area contributed by atoms with Gasteiger partial charge in [-0.15, -0.1) is 0 Å². The fraction of sp³-hybridized carbons (Fsp3) is 0.111. The van der Waals surface area contributed by atoms with E-state index in [1.165, 1.54) is 19.4 Å². The number of rotatable bonds is 4. The Morgan fingerprint density at radius 3 is 2.65 bits per heavy atom. The van der Waals surface area contributed by atoms with Gasteiger partial charge >= 0.3 is 5.97 Å².